The Labute approximate surface area is 238 Å². The number of aromatic nitrogens is 4. The Morgan fingerprint density at radius 3 is 2.73 bits per heavy atom. The first kappa shape index (κ1) is 26.0. The van der Waals surface area contributed by atoms with Crippen LogP contribution in [-0.4, -0.2) is 33.4 Å². The van der Waals surface area contributed by atoms with Gasteiger partial charge in [-0.25, -0.2) is 9.97 Å². The van der Waals surface area contributed by atoms with Crippen molar-refractivity contribution in [3.63, 3.8) is 0 Å². The summed E-state index contributed by atoms with van der Waals surface area (Å²) in [5.74, 6) is 0.486. The van der Waals surface area contributed by atoms with Crippen LogP contribution in [0, 0.1) is 5.21 Å². The average molecular weight is 565 g/mol. The van der Waals surface area contributed by atoms with Gasteiger partial charge in [0.2, 0.25) is 5.95 Å². The third-order valence-corrected chi connectivity index (χ3v) is 7.73. The van der Waals surface area contributed by atoms with Crippen LogP contribution in [0.5, 0.6) is 0 Å². The van der Waals surface area contributed by atoms with Gasteiger partial charge in [0.25, 0.3) is 11.8 Å². The van der Waals surface area contributed by atoms with Crippen molar-refractivity contribution in [2.45, 2.75) is 13.0 Å². The number of anilines is 2. The van der Waals surface area contributed by atoms with Gasteiger partial charge in [0.05, 0.1) is 27.0 Å². The molecule has 0 aliphatic carbocycles. The molecule has 6 rings (SSSR count). The zero-order valence-corrected chi connectivity index (χ0v) is 22.7. The molecule has 4 heterocycles. The topological polar surface area (TPSA) is 120 Å². The van der Waals surface area contributed by atoms with E-state index >= 15 is 0 Å². The number of pyridine rings is 1. The lowest BCUT2D eigenvalue weighted by atomic mass is 10.2. The highest BCUT2D eigenvalue weighted by Crippen LogP contribution is 2.30. The van der Waals surface area contributed by atoms with Crippen LogP contribution < -0.4 is 14.9 Å². The first-order valence-corrected chi connectivity index (χ1v) is 13.6. The van der Waals surface area contributed by atoms with E-state index in [0.717, 1.165) is 20.7 Å². The molecule has 0 aliphatic heterocycles. The molecule has 6 aromatic rings. The monoisotopic (exact) mass is 564 g/mol. The fourth-order valence-electron chi connectivity index (χ4n) is 4.52. The van der Waals surface area contributed by atoms with Gasteiger partial charge in [0.15, 0.2) is 24.5 Å². The highest BCUT2D eigenvalue weighted by Gasteiger charge is 2.19. The first-order chi connectivity index (χ1) is 20.0. The van der Waals surface area contributed by atoms with Crippen LogP contribution in [0.3, 0.4) is 0 Å². The smallest absolute Gasteiger partial charge is 0.268 e. The van der Waals surface area contributed by atoms with Crippen molar-refractivity contribution in [1.82, 2.24) is 14.5 Å². The van der Waals surface area contributed by atoms with Crippen molar-refractivity contribution < 1.29 is 18.7 Å². The number of fused-ring (bicyclic) bond motifs is 1. The highest BCUT2D eigenvalue weighted by atomic mass is 32.1. The number of amides is 2. The van der Waals surface area contributed by atoms with Crippen LogP contribution in [-0.2, 0) is 13.0 Å². The summed E-state index contributed by atoms with van der Waals surface area (Å²) in [6, 6.07) is 21.7. The maximum Gasteiger partial charge on any atom is 0.268 e. The minimum Gasteiger partial charge on any atom is -0.619 e. The molecule has 0 fully saturated rings. The maximum absolute atomic E-state index is 13.3. The van der Waals surface area contributed by atoms with Gasteiger partial charge in [-0.05, 0) is 55.0 Å². The molecule has 0 radical (unpaired) electrons. The zero-order valence-electron chi connectivity index (χ0n) is 21.9. The van der Waals surface area contributed by atoms with Crippen molar-refractivity contribution in [2.75, 3.05) is 17.3 Å². The summed E-state index contributed by atoms with van der Waals surface area (Å²) in [6.45, 7) is 0.460. The van der Waals surface area contributed by atoms with E-state index in [9.17, 15) is 14.8 Å². The maximum atomic E-state index is 13.3. The first-order valence-electron chi connectivity index (χ1n) is 12.8. The zero-order chi connectivity index (χ0) is 28.3. The average Bonchev–Trinajstić information content (AvgIpc) is 3.76. The molecule has 0 atom stereocenters. The minimum atomic E-state index is -0.314. The van der Waals surface area contributed by atoms with Gasteiger partial charge in [0.1, 0.15) is 0 Å². The molecule has 4 aromatic heterocycles. The molecule has 0 aliphatic rings. The molecule has 10 nitrogen and oxygen atoms in total. The molecule has 0 saturated carbocycles. The number of nitrogens with one attached hydrogen (secondary N) is 1. The van der Waals surface area contributed by atoms with Gasteiger partial charge in [-0.1, -0.05) is 18.2 Å². The van der Waals surface area contributed by atoms with E-state index in [-0.39, 0.29) is 11.8 Å². The summed E-state index contributed by atoms with van der Waals surface area (Å²) in [6.07, 6.45) is 6.44. The van der Waals surface area contributed by atoms with E-state index in [1.807, 2.05) is 53.1 Å². The quantitative estimate of drug-likeness (QED) is 0.201. The van der Waals surface area contributed by atoms with E-state index < -0.39 is 0 Å². The Hall–Kier alpha value is -5.29. The molecule has 0 bridgehead atoms. The molecule has 11 heteroatoms. The lowest BCUT2D eigenvalue weighted by Crippen LogP contribution is -2.26. The van der Waals surface area contributed by atoms with Gasteiger partial charge >= 0.3 is 0 Å². The van der Waals surface area contributed by atoms with Crippen molar-refractivity contribution in [1.29, 1.82) is 0 Å². The third kappa shape index (κ3) is 5.43. The third-order valence-electron chi connectivity index (χ3n) is 6.64. The number of aryl methyl sites for hydroxylation is 2. The van der Waals surface area contributed by atoms with Crippen LogP contribution in [0.25, 0.3) is 21.7 Å². The number of hydrogen-bond donors (Lipinski definition) is 1. The lowest BCUT2D eigenvalue weighted by Gasteiger charge is -2.17. The molecule has 0 spiro atoms. The predicted molar refractivity (Wildman–Crippen MR) is 156 cm³/mol. The molecule has 2 amide bonds. The van der Waals surface area contributed by atoms with E-state index in [2.05, 4.69) is 10.3 Å². The fourth-order valence-corrected chi connectivity index (χ4v) is 5.38. The summed E-state index contributed by atoms with van der Waals surface area (Å²) in [5, 5.41) is 14.7. The number of rotatable bonds is 8. The number of nitrogens with zero attached hydrogens (tertiary/aromatic N) is 5. The number of oxazole rings is 1. The number of imidazole rings is 1. The Kier molecular flexibility index (Phi) is 7.00. The molecule has 41 heavy (non-hydrogen) atoms. The van der Waals surface area contributed by atoms with Crippen LogP contribution in [0.4, 0.5) is 11.6 Å². The fraction of sp³-hybridized carbons (Fsp3) is 0.100. The standard InChI is InChI=1S/C30H24N6O4S/c1-34(29(38)21-7-3-2-4-8-21)22-9-10-24-23(16-22)32-30(36(24)15-13-20-6-5-14-35(39)18-20)33-28(37)27-12-11-26(41-27)25-17-31-19-40-25/h2-12,14,16-19H,13,15H2,1H3,(H,32,33,37). The Morgan fingerprint density at radius 2 is 1.95 bits per heavy atom. The van der Waals surface area contributed by atoms with Gasteiger partial charge in [-0.3, -0.25) is 14.9 Å². The Morgan fingerprint density at radius 1 is 1.10 bits per heavy atom. The SMILES string of the molecule is CN(C(=O)c1ccccc1)c1ccc2c(c1)nc(NC(=O)c1ccc(-c3cnco3)s1)n2CCc1ccc[n+]([O-])c1. The van der Waals surface area contributed by atoms with E-state index in [1.54, 1.807) is 42.4 Å². The minimum absolute atomic E-state index is 0.145. The molecule has 0 unspecified atom stereocenters. The van der Waals surface area contributed by atoms with Crippen LogP contribution in [0.1, 0.15) is 25.6 Å². The molecular formula is C30H24N6O4S. The van der Waals surface area contributed by atoms with Crippen molar-refractivity contribution in [2.24, 2.45) is 0 Å². The van der Waals surface area contributed by atoms with E-state index in [4.69, 9.17) is 9.40 Å². The summed E-state index contributed by atoms with van der Waals surface area (Å²) < 4.78 is 8.02. The van der Waals surface area contributed by atoms with Gasteiger partial charge in [-0.15, -0.1) is 11.3 Å². The second-order valence-corrected chi connectivity index (χ2v) is 10.4. The number of carbonyl (C=O) groups excluding carboxylic acids is 2. The normalized spacial score (nSPS) is 11.0. The van der Waals surface area contributed by atoms with Gasteiger partial charge < -0.3 is 19.1 Å². The second kappa shape index (κ2) is 11.1. The number of thiophene rings is 1. The number of hydrogen-bond acceptors (Lipinski definition) is 7. The number of benzene rings is 2. The molecule has 0 saturated heterocycles. The Bertz CT molecular complexity index is 1850. The van der Waals surface area contributed by atoms with Crippen LogP contribution in [0.2, 0.25) is 0 Å². The Balaban J connectivity index is 1.32. The second-order valence-electron chi connectivity index (χ2n) is 9.30. The molecular weight excluding hydrogens is 540 g/mol. The molecule has 2 aromatic carbocycles. The molecule has 1 N–H and O–H groups in total. The van der Waals surface area contributed by atoms with Crippen molar-refractivity contribution in [3.8, 4) is 10.6 Å². The van der Waals surface area contributed by atoms with Crippen LogP contribution in [0.15, 0.2) is 102 Å². The lowest BCUT2D eigenvalue weighted by molar-refractivity contribution is -0.605. The predicted octanol–water partition coefficient (Wildman–Crippen LogP) is 5.16. The number of carbonyl (C=O) groups is 2. The largest absolute Gasteiger partial charge is 0.619 e. The van der Waals surface area contributed by atoms with Crippen LogP contribution >= 0.6 is 11.3 Å². The summed E-state index contributed by atoms with van der Waals surface area (Å²) >= 11 is 1.29. The van der Waals surface area contributed by atoms with E-state index in [1.165, 1.54) is 30.1 Å². The summed E-state index contributed by atoms with van der Waals surface area (Å²) in [4.78, 5) is 37.8. The van der Waals surface area contributed by atoms with E-state index in [0.29, 0.717) is 46.3 Å². The molecule has 204 valence electrons. The van der Waals surface area contributed by atoms with Gasteiger partial charge in [0, 0.05) is 36.5 Å². The van der Waals surface area contributed by atoms with Gasteiger partial charge in [-0.2, -0.15) is 4.73 Å². The van der Waals surface area contributed by atoms with Crippen molar-refractivity contribution >= 4 is 45.8 Å². The highest BCUT2D eigenvalue weighted by molar-refractivity contribution is 7.17. The summed E-state index contributed by atoms with van der Waals surface area (Å²) in [5.41, 5.74) is 3.49. The van der Waals surface area contributed by atoms with Crippen molar-refractivity contribution in [3.05, 3.63) is 119 Å². The summed E-state index contributed by atoms with van der Waals surface area (Å²) in [7, 11) is 1.71.